The number of carboxylic acid groups (broad SMARTS) is 1. The topological polar surface area (TPSA) is 65.5 Å². The number of nitrogens with one attached hydrogen (secondary N) is 1. The van der Waals surface area contributed by atoms with E-state index in [-0.39, 0.29) is 11.6 Å². The lowest BCUT2D eigenvalue weighted by Crippen LogP contribution is -2.30. The second-order valence-electron chi connectivity index (χ2n) is 5.46. The van der Waals surface area contributed by atoms with E-state index < -0.39 is 18.0 Å². The van der Waals surface area contributed by atoms with Gasteiger partial charge in [-0.1, -0.05) is 6.07 Å². The van der Waals surface area contributed by atoms with Crippen molar-refractivity contribution in [3.8, 4) is 0 Å². The monoisotopic (exact) mass is 325 g/mol. The molecule has 0 bridgehead atoms. The van der Waals surface area contributed by atoms with E-state index in [2.05, 4.69) is 10.3 Å². The number of pyridine rings is 1. The van der Waals surface area contributed by atoms with Crippen LogP contribution in [-0.4, -0.2) is 40.2 Å². The lowest BCUT2D eigenvalue weighted by atomic mass is 10.1. The van der Waals surface area contributed by atoms with Crippen LogP contribution in [0.2, 0.25) is 0 Å². The first-order valence-electron chi connectivity index (χ1n) is 7.05. The third-order valence-corrected chi connectivity index (χ3v) is 3.81. The zero-order valence-corrected chi connectivity index (χ0v) is 12.0. The number of carbonyl (C=O) groups is 1. The Balaban J connectivity index is 1.77. The predicted octanol–water partition coefficient (Wildman–Crippen LogP) is 3.42. The number of rotatable bonds is 2. The van der Waals surface area contributed by atoms with Gasteiger partial charge in [-0.3, -0.25) is 0 Å². The molecule has 0 radical (unpaired) electrons. The van der Waals surface area contributed by atoms with Crippen LogP contribution in [0.3, 0.4) is 0 Å². The van der Waals surface area contributed by atoms with Crippen molar-refractivity contribution in [2.45, 2.75) is 18.6 Å². The molecule has 0 unspecified atom stereocenters. The minimum atomic E-state index is -4.46. The Morgan fingerprint density at radius 2 is 2.09 bits per heavy atom. The molecule has 2 aromatic rings. The molecular formula is C15H14F3N3O2. The summed E-state index contributed by atoms with van der Waals surface area (Å²) in [7, 11) is 0. The van der Waals surface area contributed by atoms with Gasteiger partial charge in [0.05, 0.1) is 5.52 Å². The molecule has 0 saturated carbocycles. The number of anilines is 1. The average molecular weight is 325 g/mol. The molecule has 1 amide bonds. The summed E-state index contributed by atoms with van der Waals surface area (Å²) in [5.74, 6) is 0. The summed E-state index contributed by atoms with van der Waals surface area (Å²) < 4.78 is 37.9. The summed E-state index contributed by atoms with van der Waals surface area (Å²) in [6.07, 6.45) is -4.72. The lowest BCUT2D eigenvalue weighted by molar-refractivity contribution is -0.140. The Labute approximate surface area is 129 Å². The van der Waals surface area contributed by atoms with Crippen LogP contribution in [0, 0.1) is 0 Å². The fraction of sp³-hybridized carbons (Fsp3) is 0.333. The molecule has 1 saturated heterocycles. The molecule has 0 spiro atoms. The maximum atomic E-state index is 12.6. The van der Waals surface area contributed by atoms with Gasteiger partial charge in [-0.05, 0) is 30.7 Å². The number of benzene rings is 1. The molecule has 23 heavy (non-hydrogen) atoms. The Morgan fingerprint density at radius 3 is 2.74 bits per heavy atom. The number of fused-ring (bicyclic) bond motifs is 1. The molecule has 1 aliphatic rings. The molecule has 0 aliphatic carbocycles. The van der Waals surface area contributed by atoms with E-state index in [0.717, 1.165) is 11.8 Å². The van der Waals surface area contributed by atoms with Gasteiger partial charge < -0.3 is 15.3 Å². The van der Waals surface area contributed by atoms with Gasteiger partial charge in [0.1, 0.15) is 5.69 Å². The summed E-state index contributed by atoms with van der Waals surface area (Å²) in [5, 5.41) is 12.7. The summed E-state index contributed by atoms with van der Waals surface area (Å²) in [6.45, 7) is 0.857. The summed E-state index contributed by atoms with van der Waals surface area (Å²) in [5.41, 5.74) is 0.0823. The number of hydrogen-bond acceptors (Lipinski definition) is 3. The zero-order valence-electron chi connectivity index (χ0n) is 12.0. The van der Waals surface area contributed by atoms with Crippen molar-refractivity contribution >= 4 is 22.7 Å². The fourth-order valence-electron chi connectivity index (χ4n) is 2.66. The minimum Gasteiger partial charge on any atom is -0.465 e. The number of aromatic nitrogens is 1. The molecule has 122 valence electrons. The van der Waals surface area contributed by atoms with Crippen LogP contribution in [0.4, 0.5) is 23.7 Å². The molecule has 5 nitrogen and oxygen atoms in total. The van der Waals surface area contributed by atoms with Gasteiger partial charge in [0, 0.05) is 30.2 Å². The van der Waals surface area contributed by atoms with E-state index in [9.17, 15) is 18.0 Å². The maximum Gasteiger partial charge on any atom is 0.433 e. The Morgan fingerprint density at radius 1 is 1.30 bits per heavy atom. The molecule has 3 rings (SSSR count). The van der Waals surface area contributed by atoms with Gasteiger partial charge in [-0.2, -0.15) is 13.2 Å². The molecule has 2 heterocycles. The van der Waals surface area contributed by atoms with Crippen LogP contribution in [0.15, 0.2) is 30.3 Å². The third kappa shape index (κ3) is 3.30. The van der Waals surface area contributed by atoms with Crippen molar-refractivity contribution in [1.29, 1.82) is 0 Å². The number of halogens is 3. The van der Waals surface area contributed by atoms with Crippen molar-refractivity contribution in [2.24, 2.45) is 0 Å². The van der Waals surface area contributed by atoms with Crippen LogP contribution in [0.25, 0.3) is 10.9 Å². The van der Waals surface area contributed by atoms with E-state index in [1.54, 1.807) is 12.1 Å². The van der Waals surface area contributed by atoms with E-state index in [1.807, 2.05) is 0 Å². The second kappa shape index (κ2) is 5.60. The summed E-state index contributed by atoms with van der Waals surface area (Å²) in [6, 6.07) is 7.22. The average Bonchev–Trinajstić information content (AvgIpc) is 2.94. The van der Waals surface area contributed by atoms with E-state index in [0.29, 0.717) is 24.9 Å². The Bertz CT molecular complexity index is 748. The highest BCUT2D eigenvalue weighted by Crippen LogP contribution is 2.29. The fourth-order valence-corrected chi connectivity index (χ4v) is 2.66. The second-order valence-corrected chi connectivity index (χ2v) is 5.46. The van der Waals surface area contributed by atoms with Crippen molar-refractivity contribution in [2.75, 3.05) is 18.4 Å². The van der Waals surface area contributed by atoms with E-state index >= 15 is 0 Å². The first kappa shape index (κ1) is 15.4. The van der Waals surface area contributed by atoms with E-state index in [1.165, 1.54) is 17.0 Å². The van der Waals surface area contributed by atoms with Gasteiger partial charge in [0.2, 0.25) is 0 Å². The summed E-state index contributed by atoms with van der Waals surface area (Å²) >= 11 is 0. The SMILES string of the molecule is O=C(O)N1CC[C@@H](Nc2ccc3nc(C(F)(F)F)ccc3c2)C1. The van der Waals surface area contributed by atoms with Gasteiger partial charge in [0.25, 0.3) is 0 Å². The third-order valence-electron chi connectivity index (χ3n) is 3.81. The molecule has 1 aromatic heterocycles. The van der Waals surface area contributed by atoms with Gasteiger partial charge in [-0.15, -0.1) is 0 Å². The highest BCUT2D eigenvalue weighted by Gasteiger charge is 2.32. The summed E-state index contributed by atoms with van der Waals surface area (Å²) in [4.78, 5) is 15.8. The number of nitrogens with zero attached hydrogens (tertiary/aromatic N) is 2. The maximum absolute atomic E-state index is 12.6. The molecule has 1 fully saturated rings. The molecule has 8 heteroatoms. The standard InChI is InChI=1S/C15H14F3N3O2/c16-15(17,18)13-4-1-9-7-10(2-3-12(9)20-13)19-11-5-6-21(8-11)14(22)23/h1-4,7,11,19H,5-6,8H2,(H,22,23)/t11-/m1/s1. The van der Waals surface area contributed by atoms with Crippen molar-refractivity contribution in [1.82, 2.24) is 9.88 Å². The lowest BCUT2D eigenvalue weighted by Gasteiger charge is -2.15. The van der Waals surface area contributed by atoms with Gasteiger partial charge in [0.15, 0.2) is 0 Å². The Hall–Kier alpha value is -2.51. The number of likely N-dealkylation sites (tertiary alicyclic amines) is 1. The van der Waals surface area contributed by atoms with Gasteiger partial charge >= 0.3 is 12.3 Å². The first-order valence-corrected chi connectivity index (χ1v) is 7.05. The van der Waals surface area contributed by atoms with Crippen molar-refractivity contribution in [3.63, 3.8) is 0 Å². The van der Waals surface area contributed by atoms with Crippen LogP contribution in [-0.2, 0) is 6.18 Å². The van der Waals surface area contributed by atoms with Crippen molar-refractivity contribution in [3.05, 3.63) is 36.0 Å². The van der Waals surface area contributed by atoms with Crippen LogP contribution < -0.4 is 5.32 Å². The normalized spacial score (nSPS) is 18.4. The minimum absolute atomic E-state index is 0.00837. The van der Waals surface area contributed by atoms with Gasteiger partial charge in [-0.25, -0.2) is 9.78 Å². The number of amides is 1. The molecule has 1 aromatic carbocycles. The highest BCUT2D eigenvalue weighted by atomic mass is 19.4. The van der Waals surface area contributed by atoms with Crippen LogP contribution in [0.1, 0.15) is 12.1 Å². The quantitative estimate of drug-likeness (QED) is 0.888. The first-order chi connectivity index (χ1) is 10.8. The number of hydrogen-bond donors (Lipinski definition) is 2. The van der Waals surface area contributed by atoms with Crippen molar-refractivity contribution < 1.29 is 23.1 Å². The molecular weight excluding hydrogens is 311 g/mol. The Kier molecular flexibility index (Phi) is 3.75. The highest BCUT2D eigenvalue weighted by molar-refractivity contribution is 5.82. The zero-order chi connectivity index (χ0) is 16.6. The largest absolute Gasteiger partial charge is 0.465 e. The molecule has 1 aliphatic heterocycles. The number of alkyl halides is 3. The predicted molar refractivity (Wildman–Crippen MR) is 78.4 cm³/mol. The smallest absolute Gasteiger partial charge is 0.433 e. The molecule has 2 N–H and O–H groups in total. The van der Waals surface area contributed by atoms with Crippen LogP contribution >= 0.6 is 0 Å². The van der Waals surface area contributed by atoms with E-state index in [4.69, 9.17) is 5.11 Å². The molecule has 1 atom stereocenters. The van der Waals surface area contributed by atoms with Crippen LogP contribution in [0.5, 0.6) is 0 Å².